The standard InChI is InChI=1S/C16H26ClN3O/c1-3-19-11-13(17)9-15(19)16(21)20(4-2)14-8-6-5-7-12(14)10-18/h9,11-12,14H,3-8,10,18H2,1-2H3. The largest absolute Gasteiger partial charge is 0.342 e. The number of nitrogens with zero attached hydrogens (tertiary/aromatic N) is 2. The number of carbonyl (C=O) groups excluding carboxylic acids is 1. The Bertz CT molecular complexity index is 486. The van der Waals surface area contributed by atoms with Crippen molar-refractivity contribution in [2.75, 3.05) is 13.1 Å². The second-order valence-corrected chi connectivity index (χ2v) is 6.20. The Morgan fingerprint density at radius 1 is 1.43 bits per heavy atom. The lowest BCUT2D eigenvalue weighted by Crippen LogP contribution is -2.48. The maximum atomic E-state index is 12.9. The van der Waals surface area contributed by atoms with Crippen LogP contribution in [0.4, 0.5) is 0 Å². The molecule has 1 heterocycles. The van der Waals surface area contributed by atoms with E-state index in [1.54, 1.807) is 6.07 Å². The molecule has 2 rings (SSSR count). The number of halogens is 1. The van der Waals surface area contributed by atoms with Gasteiger partial charge in [0.1, 0.15) is 5.69 Å². The molecule has 0 aromatic carbocycles. The molecule has 0 bridgehead atoms. The Morgan fingerprint density at radius 2 is 2.14 bits per heavy atom. The number of amides is 1. The quantitative estimate of drug-likeness (QED) is 0.908. The van der Waals surface area contributed by atoms with E-state index < -0.39 is 0 Å². The molecule has 1 aromatic heterocycles. The summed E-state index contributed by atoms with van der Waals surface area (Å²) in [5.41, 5.74) is 6.61. The van der Waals surface area contributed by atoms with E-state index in [1.165, 1.54) is 12.8 Å². The number of aryl methyl sites for hydroxylation is 1. The van der Waals surface area contributed by atoms with Crippen molar-refractivity contribution in [3.05, 3.63) is 23.0 Å². The predicted molar refractivity (Wildman–Crippen MR) is 86.6 cm³/mol. The third-order valence-corrected chi connectivity index (χ3v) is 4.80. The Labute approximate surface area is 132 Å². The second-order valence-electron chi connectivity index (χ2n) is 5.77. The minimum absolute atomic E-state index is 0.0802. The SMILES string of the molecule is CCN(C(=O)c1cc(Cl)cn1CC)C1CCCCC1CN. The fourth-order valence-corrected chi connectivity index (χ4v) is 3.69. The Balaban J connectivity index is 2.25. The van der Waals surface area contributed by atoms with Gasteiger partial charge >= 0.3 is 0 Å². The van der Waals surface area contributed by atoms with Gasteiger partial charge in [0.15, 0.2) is 0 Å². The van der Waals surface area contributed by atoms with E-state index in [0.29, 0.717) is 29.7 Å². The van der Waals surface area contributed by atoms with E-state index in [-0.39, 0.29) is 11.9 Å². The highest BCUT2D eigenvalue weighted by Gasteiger charge is 2.32. The molecule has 1 aromatic rings. The lowest BCUT2D eigenvalue weighted by Gasteiger charge is -2.39. The van der Waals surface area contributed by atoms with Gasteiger partial charge in [-0.3, -0.25) is 4.79 Å². The van der Waals surface area contributed by atoms with Crippen molar-refractivity contribution in [1.29, 1.82) is 0 Å². The molecule has 2 atom stereocenters. The van der Waals surface area contributed by atoms with E-state index in [4.69, 9.17) is 17.3 Å². The molecule has 0 saturated heterocycles. The van der Waals surface area contributed by atoms with Gasteiger partial charge in [-0.05, 0) is 45.2 Å². The van der Waals surface area contributed by atoms with Crippen LogP contribution in [-0.2, 0) is 6.54 Å². The first-order valence-electron chi connectivity index (χ1n) is 7.99. The molecule has 2 N–H and O–H groups in total. The zero-order valence-corrected chi connectivity index (χ0v) is 13.8. The van der Waals surface area contributed by atoms with Gasteiger partial charge in [0.25, 0.3) is 5.91 Å². The minimum atomic E-state index is 0.0802. The third kappa shape index (κ3) is 3.43. The normalized spacial score (nSPS) is 22.3. The van der Waals surface area contributed by atoms with Crippen molar-refractivity contribution in [3.63, 3.8) is 0 Å². The molecule has 21 heavy (non-hydrogen) atoms. The summed E-state index contributed by atoms with van der Waals surface area (Å²) < 4.78 is 1.92. The number of hydrogen-bond donors (Lipinski definition) is 1. The van der Waals surface area contributed by atoms with Crippen molar-refractivity contribution in [1.82, 2.24) is 9.47 Å². The van der Waals surface area contributed by atoms with Gasteiger partial charge in [0.2, 0.25) is 0 Å². The molecular weight excluding hydrogens is 286 g/mol. The summed E-state index contributed by atoms with van der Waals surface area (Å²) in [4.78, 5) is 14.9. The molecule has 5 heteroatoms. The highest BCUT2D eigenvalue weighted by Crippen LogP contribution is 2.29. The van der Waals surface area contributed by atoms with Crippen molar-refractivity contribution in [3.8, 4) is 0 Å². The summed E-state index contributed by atoms with van der Waals surface area (Å²) in [7, 11) is 0. The van der Waals surface area contributed by atoms with Crippen LogP contribution in [0.25, 0.3) is 0 Å². The summed E-state index contributed by atoms with van der Waals surface area (Å²) in [5, 5.41) is 0.621. The van der Waals surface area contributed by atoms with Crippen LogP contribution in [0.3, 0.4) is 0 Å². The molecule has 0 radical (unpaired) electrons. The summed E-state index contributed by atoms with van der Waals surface area (Å²) >= 11 is 6.07. The highest BCUT2D eigenvalue weighted by atomic mass is 35.5. The molecule has 1 amide bonds. The molecule has 1 aliphatic rings. The monoisotopic (exact) mass is 311 g/mol. The fourth-order valence-electron chi connectivity index (χ4n) is 3.46. The number of rotatable bonds is 5. The van der Waals surface area contributed by atoms with E-state index in [0.717, 1.165) is 19.4 Å². The van der Waals surface area contributed by atoms with Crippen LogP contribution < -0.4 is 5.73 Å². The van der Waals surface area contributed by atoms with E-state index in [2.05, 4.69) is 0 Å². The zero-order chi connectivity index (χ0) is 15.4. The predicted octanol–water partition coefficient (Wildman–Crippen LogP) is 3.14. The van der Waals surface area contributed by atoms with Gasteiger partial charge in [0.05, 0.1) is 5.02 Å². The Hall–Kier alpha value is -1.00. The van der Waals surface area contributed by atoms with Gasteiger partial charge in [-0.2, -0.15) is 0 Å². The van der Waals surface area contributed by atoms with Crippen molar-refractivity contribution in [2.45, 2.75) is 52.1 Å². The van der Waals surface area contributed by atoms with Crippen LogP contribution in [-0.4, -0.2) is 34.5 Å². The van der Waals surface area contributed by atoms with Crippen molar-refractivity contribution >= 4 is 17.5 Å². The smallest absolute Gasteiger partial charge is 0.270 e. The fraction of sp³-hybridized carbons (Fsp3) is 0.688. The molecule has 1 aliphatic carbocycles. The van der Waals surface area contributed by atoms with Gasteiger partial charge in [-0.15, -0.1) is 0 Å². The van der Waals surface area contributed by atoms with Crippen LogP contribution >= 0.6 is 11.6 Å². The van der Waals surface area contributed by atoms with Gasteiger partial charge < -0.3 is 15.2 Å². The summed E-state index contributed by atoms with van der Waals surface area (Å²) in [5.74, 6) is 0.500. The highest BCUT2D eigenvalue weighted by molar-refractivity contribution is 6.31. The molecule has 4 nitrogen and oxygen atoms in total. The zero-order valence-electron chi connectivity index (χ0n) is 13.0. The lowest BCUT2D eigenvalue weighted by molar-refractivity contribution is 0.0549. The average Bonchev–Trinajstić information content (AvgIpc) is 2.89. The number of aromatic nitrogens is 1. The molecule has 0 aliphatic heterocycles. The van der Waals surface area contributed by atoms with Crippen molar-refractivity contribution in [2.24, 2.45) is 11.7 Å². The maximum Gasteiger partial charge on any atom is 0.270 e. The first-order chi connectivity index (χ1) is 10.1. The molecule has 2 unspecified atom stereocenters. The van der Waals surface area contributed by atoms with E-state index in [9.17, 15) is 4.79 Å². The third-order valence-electron chi connectivity index (χ3n) is 4.60. The topological polar surface area (TPSA) is 51.3 Å². The van der Waals surface area contributed by atoms with Crippen LogP contribution in [0.15, 0.2) is 12.3 Å². The number of carbonyl (C=O) groups is 1. The average molecular weight is 312 g/mol. The lowest BCUT2D eigenvalue weighted by atomic mass is 9.83. The van der Waals surface area contributed by atoms with Crippen LogP contribution in [0.2, 0.25) is 5.02 Å². The maximum absolute atomic E-state index is 12.9. The minimum Gasteiger partial charge on any atom is -0.342 e. The van der Waals surface area contributed by atoms with Gasteiger partial charge in [0, 0.05) is 25.3 Å². The first-order valence-corrected chi connectivity index (χ1v) is 8.36. The Kier molecular flexibility index (Phi) is 5.71. The molecule has 1 fully saturated rings. The summed E-state index contributed by atoms with van der Waals surface area (Å²) in [6, 6.07) is 2.04. The molecule has 1 saturated carbocycles. The molecule has 0 spiro atoms. The molecule has 118 valence electrons. The van der Waals surface area contributed by atoms with E-state index in [1.807, 2.05) is 29.5 Å². The number of hydrogen-bond acceptors (Lipinski definition) is 2. The second kappa shape index (κ2) is 7.32. The van der Waals surface area contributed by atoms with Crippen LogP contribution in [0.1, 0.15) is 50.0 Å². The van der Waals surface area contributed by atoms with Gasteiger partial charge in [-0.1, -0.05) is 24.4 Å². The molecular formula is C16H26ClN3O. The first kappa shape index (κ1) is 16.4. The van der Waals surface area contributed by atoms with Crippen molar-refractivity contribution < 1.29 is 4.79 Å². The van der Waals surface area contributed by atoms with E-state index >= 15 is 0 Å². The van der Waals surface area contributed by atoms with Crippen LogP contribution in [0.5, 0.6) is 0 Å². The summed E-state index contributed by atoms with van der Waals surface area (Å²) in [6.45, 7) is 6.18. The summed E-state index contributed by atoms with van der Waals surface area (Å²) in [6.07, 6.45) is 6.41. The van der Waals surface area contributed by atoms with Gasteiger partial charge in [-0.25, -0.2) is 0 Å². The van der Waals surface area contributed by atoms with Crippen LogP contribution in [0, 0.1) is 5.92 Å². The Morgan fingerprint density at radius 3 is 2.76 bits per heavy atom. The number of nitrogens with two attached hydrogens (primary N) is 1.